The lowest BCUT2D eigenvalue weighted by Crippen LogP contribution is -2.47. The maximum absolute atomic E-state index is 12.2. The van der Waals surface area contributed by atoms with E-state index in [1.807, 2.05) is 18.7 Å². The highest BCUT2D eigenvalue weighted by Gasteiger charge is 2.30. The van der Waals surface area contributed by atoms with Crippen LogP contribution in [0.4, 0.5) is 28.8 Å². The molecule has 2 heterocycles. The Hall–Kier alpha value is -3.41. The molecule has 0 unspecified atom stereocenters. The number of sulfonamides is 1. The Morgan fingerprint density at radius 2 is 1.90 bits per heavy atom. The first-order valence-electron chi connectivity index (χ1n) is 8.98. The van der Waals surface area contributed by atoms with Gasteiger partial charge in [0.25, 0.3) is 0 Å². The molecule has 0 spiro atoms. The molecule has 2 aromatic rings. The number of nitrogens with one attached hydrogen (secondary N) is 2. The van der Waals surface area contributed by atoms with Crippen LogP contribution in [-0.2, 0) is 14.8 Å². The minimum atomic E-state index is -3.60. The molecule has 160 valence electrons. The van der Waals surface area contributed by atoms with Gasteiger partial charge < -0.3 is 20.2 Å². The fourth-order valence-electron chi connectivity index (χ4n) is 2.99. The van der Waals surface area contributed by atoms with E-state index in [0.717, 1.165) is 6.26 Å². The summed E-state index contributed by atoms with van der Waals surface area (Å²) in [6.45, 7) is 4.06. The summed E-state index contributed by atoms with van der Waals surface area (Å²) in [6.07, 6.45) is 2.48. The highest BCUT2D eigenvalue weighted by atomic mass is 32.2. The Balaban J connectivity index is 2.00. The van der Waals surface area contributed by atoms with Crippen molar-refractivity contribution in [2.75, 3.05) is 39.7 Å². The summed E-state index contributed by atoms with van der Waals surface area (Å²) in [4.78, 5) is 35.7. The Morgan fingerprint density at radius 3 is 2.50 bits per heavy atom. The van der Waals surface area contributed by atoms with Crippen LogP contribution in [0, 0.1) is 0 Å². The van der Waals surface area contributed by atoms with Gasteiger partial charge in [-0.05, 0) is 32.0 Å². The molecule has 12 heteroatoms. The Kier molecular flexibility index (Phi) is 5.53. The maximum atomic E-state index is 12.2. The molecule has 0 atom stereocenters. The molecule has 0 aliphatic carbocycles. The summed E-state index contributed by atoms with van der Waals surface area (Å²) in [5, 5.41) is 12.2. The monoisotopic (exact) mass is 434 g/mol. The minimum Gasteiger partial charge on any atom is -0.478 e. The number of hydrogen-bond acceptors (Lipinski definition) is 8. The third-order valence-electron chi connectivity index (χ3n) is 4.43. The second-order valence-electron chi connectivity index (χ2n) is 7.18. The number of nitrogens with zero attached hydrogens (tertiary/aromatic N) is 4. The van der Waals surface area contributed by atoms with Crippen LogP contribution in [-0.4, -0.2) is 61.3 Å². The van der Waals surface area contributed by atoms with Gasteiger partial charge in [-0.3, -0.25) is 9.52 Å². The summed E-state index contributed by atoms with van der Waals surface area (Å²) in [5.41, 5.74) is 0.826. The highest BCUT2D eigenvalue weighted by molar-refractivity contribution is 7.92. The smallest absolute Gasteiger partial charge is 0.335 e. The minimum absolute atomic E-state index is 0.0186. The molecule has 3 N–H and O–H groups in total. The molecule has 11 nitrogen and oxygen atoms in total. The van der Waals surface area contributed by atoms with E-state index in [4.69, 9.17) is 0 Å². The number of fused-ring (bicyclic) bond motifs is 1. The van der Waals surface area contributed by atoms with Crippen LogP contribution in [0.25, 0.3) is 0 Å². The number of likely N-dealkylation sites (N-methyl/N-ethyl adjacent to an activating group) is 1. The van der Waals surface area contributed by atoms with E-state index < -0.39 is 16.0 Å². The number of carboxylic acid groups (broad SMARTS) is 1. The zero-order chi connectivity index (χ0) is 22.2. The number of carbonyl (C=O) groups is 2. The summed E-state index contributed by atoms with van der Waals surface area (Å²) >= 11 is 0. The van der Waals surface area contributed by atoms with Crippen molar-refractivity contribution >= 4 is 50.7 Å². The van der Waals surface area contributed by atoms with Gasteiger partial charge in [-0.25, -0.2) is 18.2 Å². The van der Waals surface area contributed by atoms with Crippen molar-refractivity contribution in [3.8, 4) is 0 Å². The van der Waals surface area contributed by atoms with Gasteiger partial charge in [0.1, 0.15) is 5.69 Å². The number of hydrogen-bond donors (Lipinski definition) is 3. The molecule has 3 rings (SSSR count). The van der Waals surface area contributed by atoms with Gasteiger partial charge in [0.05, 0.1) is 30.2 Å². The molecule has 30 heavy (non-hydrogen) atoms. The van der Waals surface area contributed by atoms with Crippen molar-refractivity contribution in [2.24, 2.45) is 0 Å². The van der Waals surface area contributed by atoms with Crippen LogP contribution in [0.15, 0.2) is 24.4 Å². The highest BCUT2D eigenvalue weighted by Crippen LogP contribution is 2.33. The normalized spacial score (nSPS) is 14.0. The van der Waals surface area contributed by atoms with Crippen molar-refractivity contribution in [2.45, 2.75) is 19.9 Å². The number of anilines is 5. The molecule has 0 fully saturated rings. The zero-order valence-electron chi connectivity index (χ0n) is 16.9. The topological polar surface area (TPSA) is 145 Å². The SMILES string of the molecule is CC(C)N1CC(=O)N(C)c2cnc(Nc3cc(NS(C)(=O)=O)cc(C(=O)O)c3)nc21. The Morgan fingerprint density at radius 1 is 1.23 bits per heavy atom. The van der Waals surface area contributed by atoms with Crippen LogP contribution in [0.5, 0.6) is 0 Å². The van der Waals surface area contributed by atoms with E-state index in [9.17, 15) is 23.1 Å². The standard InChI is InChI=1S/C18H22N6O5S/c1-10(2)24-9-15(25)23(3)14-8-19-18(21-16(14)24)20-12-5-11(17(26)27)6-13(7-12)22-30(4,28)29/h5-8,10,22H,9H2,1-4H3,(H,26,27)(H,19,20,21). The first-order valence-corrected chi connectivity index (χ1v) is 10.9. The van der Waals surface area contributed by atoms with Crippen LogP contribution >= 0.6 is 0 Å². The summed E-state index contributed by atoms with van der Waals surface area (Å²) < 4.78 is 25.3. The number of aromatic carboxylic acids is 1. The number of aromatic nitrogens is 2. The number of benzene rings is 1. The predicted molar refractivity (Wildman–Crippen MR) is 113 cm³/mol. The van der Waals surface area contributed by atoms with Gasteiger partial charge in [-0.1, -0.05) is 0 Å². The lowest BCUT2D eigenvalue weighted by molar-refractivity contribution is -0.117. The van der Waals surface area contributed by atoms with E-state index in [-0.39, 0.29) is 41.4 Å². The van der Waals surface area contributed by atoms with Crippen molar-refractivity contribution in [1.82, 2.24) is 9.97 Å². The fraction of sp³-hybridized carbons (Fsp3) is 0.333. The molecule has 0 saturated carbocycles. The lowest BCUT2D eigenvalue weighted by atomic mass is 10.2. The fourth-order valence-corrected chi connectivity index (χ4v) is 3.53. The maximum Gasteiger partial charge on any atom is 0.335 e. The predicted octanol–water partition coefficient (Wildman–Crippen LogP) is 1.48. The van der Waals surface area contributed by atoms with E-state index in [1.165, 1.54) is 29.3 Å². The average Bonchev–Trinajstić information content (AvgIpc) is 2.62. The molecule has 1 aromatic heterocycles. The van der Waals surface area contributed by atoms with E-state index >= 15 is 0 Å². The van der Waals surface area contributed by atoms with Crippen molar-refractivity contribution in [3.63, 3.8) is 0 Å². The zero-order valence-corrected chi connectivity index (χ0v) is 17.7. The molecule has 1 amide bonds. The molecule has 1 aromatic carbocycles. The molecular weight excluding hydrogens is 412 g/mol. The van der Waals surface area contributed by atoms with Crippen molar-refractivity contribution in [3.05, 3.63) is 30.0 Å². The molecule has 0 bridgehead atoms. The number of carbonyl (C=O) groups excluding carboxylic acids is 1. The van der Waals surface area contributed by atoms with Gasteiger partial charge in [0.15, 0.2) is 5.82 Å². The number of rotatable bonds is 6. The lowest BCUT2D eigenvalue weighted by Gasteiger charge is -2.36. The number of amides is 1. The summed E-state index contributed by atoms with van der Waals surface area (Å²) in [6, 6.07) is 4.01. The Labute approximate surface area is 173 Å². The average molecular weight is 434 g/mol. The Bertz CT molecular complexity index is 1120. The molecular formula is C18H22N6O5S. The van der Waals surface area contributed by atoms with Gasteiger partial charge >= 0.3 is 5.97 Å². The van der Waals surface area contributed by atoms with Gasteiger partial charge in [0, 0.05) is 18.8 Å². The molecule has 0 saturated heterocycles. The van der Waals surface area contributed by atoms with Crippen LogP contribution < -0.4 is 19.8 Å². The van der Waals surface area contributed by atoms with Crippen molar-refractivity contribution < 1.29 is 23.1 Å². The van der Waals surface area contributed by atoms with Gasteiger partial charge in [0.2, 0.25) is 21.9 Å². The van der Waals surface area contributed by atoms with Gasteiger partial charge in [-0.2, -0.15) is 4.98 Å². The largest absolute Gasteiger partial charge is 0.478 e. The third-order valence-corrected chi connectivity index (χ3v) is 5.03. The quantitative estimate of drug-likeness (QED) is 0.615. The van der Waals surface area contributed by atoms with E-state index in [0.29, 0.717) is 11.5 Å². The van der Waals surface area contributed by atoms with Crippen LogP contribution in [0.2, 0.25) is 0 Å². The first kappa shape index (κ1) is 21.3. The van der Waals surface area contributed by atoms with E-state index in [1.54, 1.807) is 7.05 Å². The first-order chi connectivity index (χ1) is 13.9. The third kappa shape index (κ3) is 4.59. The van der Waals surface area contributed by atoms with Gasteiger partial charge in [-0.15, -0.1) is 0 Å². The second kappa shape index (κ2) is 7.78. The van der Waals surface area contributed by atoms with Crippen LogP contribution in [0.3, 0.4) is 0 Å². The number of carboxylic acids is 1. The van der Waals surface area contributed by atoms with Crippen molar-refractivity contribution in [1.29, 1.82) is 0 Å². The molecule has 0 radical (unpaired) electrons. The van der Waals surface area contributed by atoms with Crippen LogP contribution in [0.1, 0.15) is 24.2 Å². The second-order valence-corrected chi connectivity index (χ2v) is 8.93. The molecule has 1 aliphatic rings. The summed E-state index contributed by atoms with van der Waals surface area (Å²) in [5.74, 6) is -0.553. The van der Waals surface area contributed by atoms with E-state index in [2.05, 4.69) is 20.0 Å². The molecule has 1 aliphatic heterocycles. The summed E-state index contributed by atoms with van der Waals surface area (Å²) in [7, 11) is -1.95.